The minimum atomic E-state index is -2.95. The minimum Gasteiger partial charge on any atom is -0.389 e. The molecule has 1 saturated carbocycles. The molecule has 0 aromatic rings. The number of hydrogen-bond acceptors (Lipinski definition) is 3. The van der Waals surface area contributed by atoms with E-state index >= 15 is 0 Å². The Balaban J connectivity index is 1.96. The third-order valence-corrected chi connectivity index (χ3v) is 5.31. The van der Waals surface area contributed by atoms with Crippen molar-refractivity contribution in [3.05, 3.63) is 0 Å². The van der Waals surface area contributed by atoms with Crippen molar-refractivity contribution in [2.75, 3.05) is 11.5 Å². The molecule has 0 aromatic heterocycles. The van der Waals surface area contributed by atoms with Crippen molar-refractivity contribution in [3.63, 3.8) is 0 Å². The van der Waals surface area contributed by atoms with Gasteiger partial charge in [-0.05, 0) is 18.8 Å². The van der Waals surface area contributed by atoms with Crippen LogP contribution in [0, 0.1) is 5.92 Å². The molecular weight excluding hydrogens is 200 g/mol. The second kappa shape index (κ2) is 3.49. The van der Waals surface area contributed by atoms with Crippen LogP contribution < -0.4 is 0 Å². The first-order chi connectivity index (χ1) is 6.49. The Morgan fingerprint density at radius 2 is 1.93 bits per heavy atom. The zero-order valence-electron chi connectivity index (χ0n) is 8.41. The molecule has 1 saturated heterocycles. The lowest BCUT2D eigenvalue weighted by molar-refractivity contribution is 0.0417. The summed E-state index contributed by atoms with van der Waals surface area (Å²) >= 11 is 0. The zero-order valence-corrected chi connectivity index (χ0v) is 9.22. The van der Waals surface area contributed by atoms with Crippen LogP contribution >= 0.6 is 0 Å². The Bertz CT molecular complexity index is 303. The SMILES string of the molecule is O=S1(=O)CCC(O)(CC2CCCC2)C1. The molecule has 0 radical (unpaired) electrons. The summed E-state index contributed by atoms with van der Waals surface area (Å²) in [7, 11) is -2.95. The van der Waals surface area contributed by atoms with Crippen molar-refractivity contribution in [2.45, 2.75) is 44.1 Å². The third-order valence-electron chi connectivity index (χ3n) is 3.51. The monoisotopic (exact) mass is 218 g/mol. The van der Waals surface area contributed by atoms with E-state index in [1.807, 2.05) is 0 Å². The topological polar surface area (TPSA) is 54.4 Å². The Labute approximate surface area is 85.4 Å². The molecule has 1 heterocycles. The fraction of sp³-hybridized carbons (Fsp3) is 1.00. The summed E-state index contributed by atoms with van der Waals surface area (Å²) in [6.07, 6.45) is 5.98. The van der Waals surface area contributed by atoms with Gasteiger partial charge in [0, 0.05) is 0 Å². The molecular formula is C10H18O3S. The summed E-state index contributed by atoms with van der Waals surface area (Å²) in [6, 6.07) is 0. The van der Waals surface area contributed by atoms with Crippen molar-refractivity contribution in [1.29, 1.82) is 0 Å². The third kappa shape index (κ3) is 2.28. The molecule has 0 bridgehead atoms. The van der Waals surface area contributed by atoms with Crippen LogP contribution in [-0.4, -0.2) is 30.6 Å². The molecule has 0 amide bonds. The molecule has 0 aromatic carbocycles. The summed E-state index contributed by atoms with van der Waals surface area (Å²) in [5.74, 6) is 0.737. The molecule has 2 rings (SSSR count). The molecule has 2 aliphatic rings. The molecule has 1 unspecified atom stereocenters. The zero-order chi connectivity index (χ0) is 10.2. The fourth-order valence-corrected chi connectivity index (χ4v) is 4.73. The number of aliphatic hydroxyl groups is 1. The van der Waals surface area contributed by atoms with Crippen molar-refractivity contribution in [2.24, 2.45) is 5.92 Å². The van der Waals surface area contributed by atoms with Gasteiger partial charge in [-0.3, -0.25) is 0 Å². The molecule has 1 N–H and O–H groups in total. The first-order valence-electron chi connectivity index (χ1n) is 5.42. The van der Waals surface area contributed by atoms with Gasteiger partial charge in [-0.1, -0.05) is 25.7 Å². The molecule has 0 spiro atoms. The van der Waals surface area contributed by atoms with Crippen LogP contribution in [0.25, 0.3) is 0 Å². The maximum atomic E-state index is 11.3. The van der Waals surface area contributed by atoms with Crippen molar-refractivity contribution in [1.82, 2.24) is 0 Å². The van der Waals surface area contributed by atoms with E-state index in [1.54, 1.807) is 0 Å². The molecule has 82 valence electrons. The fourth-order valence-electron chi connectivity index (χ4n) is 2.81. The quantitative estimate of drug-likeness (QED) is 0.755. The van der Waals surface area contributed by atoms with Gasteiger partial charge in [-0.2, -0.15) is 0 Å². The van der Waals surface area contributed by atoms with Gasteiger partial charge in [0.15, 0.2) is 9.84 Å². The lowest BCUT2D eigenvalue weighted by Crippen LogP contribution is -2.32. The Morgan fingerprint density at radius 3 is 2.43 bits per heavy atom. The maximum absolute atomic E-state index is 11.3. The van der Waals surface area contributed by atoms with Crippen molar-refractivity contribution in [3.8, 4) is 0 Å². The summed E-state index contributed by atoms with van der Waals surface area (Å²) in [6.45, 7) is 0. The molecule has 14 heavy (non-hydrogen) atoms. The van der Waals surface area contributed by atoms with Gasteiger partial charge in [0.25, 0.3) is 0 Å². The second-order valence-corrected chi connectivity index (χ2v) is 7.11. The Morgan fingerprint density at radius 1 is 1.29 bits per heavy atom. The van der Waals surface area contributed by atoms with E-state index in [9.17, 15) is 13.5 Å². The summed E-state index contributed by atoms with van der Waals surface area (Å²) in [5, 5.41) is 10.1. The highest BCUT2D eigenvalue weighted by Crippen LogP contribution is 2.36. The van der Waals surface area contributed by atoms with Gasteiger partial charge in [0.2, 0.25) is 0 Å². The minimum absolute atomic E-state index is 0.00347. The summed E-state index contributed by atoms with van der Waals surface area (Å²) < 4.78 is 22.5. The van der Waals surface area contributed by atoms with Gasteiger partial charge < -0.3 is 5.11 Å². The standard InChI is InChI=1S/C10H18O3S/c11-10(5-6-14(12,13)8-10)7-9-3-1-2-4-9/h9,11H,1-8H2. The molecule has 2 fully saturated rings. The van der Waals surface area contributed by atoms with Crippen LogP contribution in [0.15, 0.2) is 0 Å². The smallest absolute Gasteiger partial charge is 0.153 e. The van der Waals surface area contributed by atoms with Gasteiger partial charge in [-0.15, -0.1) is 0 Å². The highest BCUT2D eigenvalue weighted by molar-refractivity contribution is 7.91. The highest BCUT2D eigenvalue weighted by Gasteiger charge is 2.42. The first kappa shape index (κ1) is 10.4. The van der Waals surface area contributed by atoms with Crippen molar-refractivity contribution < 1.29 is 13.5 Å². The molecule has 4 heteroatoms. The van der Waals surface area contributed by atoms with E-state index < -0.39 is 15.4 Å². The van der Waals surface area contributed by atoms with E-state index in [0.29, 0.717) is 18.8 Å². The Kier molecular flexibility index (Phi) is 2.60. The number of hydrogen-bond donors (Lipinski definition) is 1. The number of rotatable bonds is 2. The van der Waals surface area contributed by atoms with Crippen LogP contribution in [0.2, 0.25) is 0 Å². The van der Waals surface area contributed by atoms with E-state index in [-0.39, 0.29) is 11.5 Å². The average molecular weight is 218 g/mol. The van der Waals surface area contributed by atoms with E-state index in [4.69, 9.17) is 0 Å². The molecule has 1 atom stereocenters. The van der Waals surface area contributed by atoms with E-state index in [1.165, 1.54) is 25.7 Å². The molecule has 1 aliphatic heterocycles. The summed E-state index contributed by atoms with van der Waals surface area (Å²) in [5.41, 5.74) is -0.895. The van der Waals surface area contributed by atoms with Gasteiger partial charge >= 0.3 is 0 Å². The lowest BCUT2D eigenvalue weighted by Gasteiger charge is -2.24. The van der Waals surface area contributed by atoms with Crippen LogP contribution in [0.5, 0.6) is 0 Å². The summed E-state index contributed by atoms with van der Waals surface area (Å²) in [4.78, 5) is 0. The van der Waals surface area contributed by atoms with Crippen LogP contribution in [0.4, 0.5) is 0 Å². The molecule has 3 nitrogen and oxygen atoms in total. The van der Waals surface area contributed by atoms with Crippen LogP contribution in [-0.2, 0) is 9.84 Å². The number of sulfone groups is 1. The normalized spacial score (nSPS) is 37.8. The highest BCUT2D eigenvalue weighted by atomic mass is 32.2. The van der Waals surface area contributed by atoms with Crippen molar-refractivity contribution >= 4 is 9.84 Å². The van der Waals surface area contributed by atoms with Crippen LogP contribution in [0.1, 0.15) is 38.5 Å². The van der Waals surface area contributed by atoms with E-state index in [0.717, 1.165) is 0 Å². The second-order valence-electron chi connectivity index (χ2n) is 4.92. The first-order valence-corrected chi connectivity index (χ1v) is 7.24. The maximum Gasteiger partial charge on any atom is 0.153 e. The Hall–Kier alpha value is -0.0900. The van der Waals surface area contributed by atoms with Gasteiger partial charge in [0.1, 0.15) is 0 Å². The van der Waals surface area contributed by atoms with E-state index in [2.05, 4.69) is 0 Å². The van der Waals surface area contributed by atoms with Gasteiger partial charge in [-0.25, -0.2) is 8.42 Å². The van der Waals surface area contributed by atoms with Crippen LogP contribution in [0.3, 0.4) is 0 Å². The average Bonchev–Trinajstić information content (AvgIpc) is 2.60. The largest absolute Gasteiger partial charge is 0.389 e. The predicted molar refractivity (Wildman–Crippen MR) is 54.8 cm³/mol. The van der Waals surface area contributed by atoms with Gasteiger partial charge in [0.05, 0.1) is 17.1 Å². The predicted octanol–water partition coefficient (Wildman–Crippen LogP) is 1.12. The lowest BCUT2D eigenvalue weighted by atomic mass is 9.89. The molecule has 1 aliphatic carbocycles.